The first-order chi connectivity index (χ1) is 12.8. The van der Waals surface area contributed by atoms with Crippen molar-refractivity contribution < 1.29 is 19.0 Å². The zero-order valence-corrected chi connectivity index (χ0v) is 16.9. The third-order valence-electron chi connectivity index (χ3n) is 4.09. The third-order valence-corrected chi connectivity index (χ3v) is 4.09. The number of hydrogen-bond acceptors (Lipinski definition) is 5. The lowest BCUT2D eigenvalue weighted by molar-refractivity contribution is -0.126. The lowest BCUT2D eigenvalue weighted by Gasteiger charge is -2.07. The lowest BCUT2D eigenvalue weighted by atomic mass is 10.1. The summed E-state index contributed by atoms with van der Waals surface area (Å²) in [6.45, 7) is 6.13. The minimum absolute atomic E-state index is 0.0489. The highest BCUT2D eigenvalue weighted by atomic mass is 16.5. The van der Waals surface area contributed by atoms with E-state index in [-0.39, 0.29) is 12.5 Å². The van der Waals surface area contributed by atoms with Crippen molar-refractivity contribution in [2.45, 2.75) is 71.1 Å². The minimum atomic E-state index is -0.0489. The van der Waals surface area contributed by atoms with Crippen LogP contribution in [-0.4, -0.2) is 58.6 Å². The molecular formula is C20H42N2O4. The Morgan fingerprint density at radius 3 is 1.81 bits per heavy atom. The third kappa shape index (κ3) is 21.4. The number of rotatable bonds is 21. The first-order valence-corrected chi connectivity index (χ1v) is 10.5. The fourth-order valence-corrected chi connectivity index (χ4v) is 2.58. The van der Waals surface area contributed by atoms with Crippen molar-refractivity contribution in [1.29, 1.82) is 0 Å². The molecule has 3 N–H and O–H groups in total. The molecule has 0 saturated heterocycles. The van der Waals surface area contributed by atoms with E-state index in [2.05, 4.69) is 12.2 Å². The highest BCUT2D eigenvalue weighted by Gasteiger charge is 2.00. The van der Waals surface area contributed by atoms with Crippen LogP contribution in [0.5, 0.6) is 0 Å². The first-order valence-electron chi connectivity index (χ1n) is 10.5. The molecule has 0 aliphatic carbocycles. The van der Waals surface area contributed by atoms with E-state index in [1.54, 1.807) is 0 Å². The number of ether oxygens (including phenoxy) is 3. The van der Waals surface area contributed by atoms with Gasteiger partial charge in [-0.15, -0.1) is 0 Å². The molecular weight excluding hydrogens is 332 g/mol. The van der Waals surface area contributed by atoms with Gasteiger partial charge < -0.3 is 25.3 Å². The number of nitrogens with one attached hydrogen (secondary N) is 1. The summed E-state index contributed by atoms with van der Waals surface area (Å²) in [4.78, 5) is 11.6. The van der Waals surface area contributed by atoms with Crippen molar-refractivity contribution in [3.8, 4) is 0 Å². The number of hydrogen-bond donors (Lipinski definition) is 2. The second kappa shape index (κ2) is 22.4. The Labute approximate surface area is 160 Å². The zero-order chi connectivity index (χ0) is 19.1. The van der Waals surface area contributed by atoms with Crippen LogP contribution in [0.25, 0.3) is 0 Å². The summed E-state index contributed by atoms with van der Waals surface area (Å²) in [6, 6.07) is 0. The Bertz CT molecular complexity index is 291. The van der Waals surface area contributed by atoms with Crippen LogP contribution in [0.4, 0.5) is 0 Å². The molecule has 0 fully saturated rings. The van der Waals surface area contributed by atoms with E-state index < -0.39 is 0 Å². The van der Waals surface area contributed by atoms with Gasteiger partial charge in [0, 0.05) is 13.1 Å². The molecule has 0 heterocycles. The molecule has 0 unspecified atom stereocenters. The molecule has 156 valence electrons. The van der Waals surface area contributed by atoms with Crippen LogP contribution < -0.4 is 11.1 Å². The van der Waals surface area contributed by atoms with Gasteiger partial charge >= 0.3 is 0 Å². The van der Waals surface area contributed by atoms with Gasteiger partial charge in [-0.25, -0.2) is 0 Å². The summed E-state index contributed by atoms with van der Waals surface area (Å²) in [5.74, 6) is -0.0489. The lowest BCUT2D eigenvalue weighted by Crippen LogP contribution is -2.29. The van der Waals surface area contributed by atoms with Gasteiger partial charge in [-0.05, 0) is 6.42 Å². The number of unbranched alkanes of at least 4 members (excludes halogenated alkanes) is 9. The average molecular weight is 375 g/mol. The maximum absolute atomic E-state index is 11.6. The van der Waals surface area contributed by atoms with E-state index >= 15 is 0 Å². The largest absolute Gasteiger partial charge is 0.378 e. The van der Waals surface area contributed by atoms with Gasteiger partial charge in [0.1, 0.15) is 6.61 Å². The molecule has 0 aliphatic heterocycles. The highest BCUT2D eigenvalue weighted by molar-refractivity contribution is 5.77. The summed E-state index contributed by atoms with van der Waals surface area (Å²) in [7, 11) is 0. The summed E-state index contributed by atoms with van der Waals surface area (Å²) in [5, 5.41) is 2.90. The van der Waals surface area contributed by atoms with E-state index in [9.17, 15) is 4.79 Å². The van der Waals surface area contributed by atoms with Crippen LogP contribution in [0.2, 0.25) is 0 Å². The van der Waals surface area contributed by atoms with Crippen LogP contribution >= 0.6 is 0 Å². The quantitative estimate of drug-likeness (QED) is 0.302. The molecule has 1 amide bonds. The van der Waals surface area contributed by atoms with Gasteiger partial charge in [-0.1, -0.05) is 64.7 Å². The second-order valence-electron chi connectivity index (χ2n) is 6.60. The van der Waals surface area contributed by atoms with Gasteiger partial charge in [-0.3, -0.25) is 4.79 Å². The van der Waals surface area contributed by atoms with E-state index in [0.717, 1.165) is 13.0 Å². The molecule has 0 bridgehead atoms. The van der Waals surface area contributed by atoms with Crippen molar-refractivity contribution in [3.05, 3.63) is 0 Å². The van der Waals surface area contributed by atoms with Gasteiger partial charge in [0.15, 0.2) is 0 Å². The van der Waals surface area contributed by atoms with E-state index in [1.165, 1.54) is 57.8 Å². The number of amides is 1. The predicted octanol–water partition coefficient (Wildman–Crippen LogP) is 3.03. The Balaban J connectivity index is 3.13. The van der Waals surface area contributed by atoms with Crippen LogP contribution in [0.15, 0.2) is 0 Å². The molecule has 6 heteroatoms. The molecule has 0 atom stereocenters. The van der Waals surface area contributed by atoms with Crippen molar-refractivity contribution in [2.24, 2.45) is 5.73 Å². The van der Waals surface area contributed by atoms with Gasteiger partial charge in [0.2, 0.25) is 5.91 Å². The van der Waals surface area contributed by atoms with Crippen molar-refractivity contribution in [3.63, 3.8) is 0 Å². The van der Waals surface area contributed by atoms with Crippen LogP contribution in [0, 0.1) is 0 Å². The second-order valence-corrected chi connectivity index (χ2v) is 6.60. The Morgan fingerprint density at radius 2 is 1.23 bits per heavy atom. The molecule has 0 radical (unpaired) electrons. The average Bonchev–Trinajstić information content (AvgIpc) is 2.64. The SMILES string of the molecule is CCCCCCCCCCCCNC(=O)COCCOCCOCCN. The number of carbonyl (C=O) groups excluding carboxylic acids is 1. The van der Waals surface area contributed by atoms with E-state index in [1.807, 2.05) is 0 Å². The monoisotopic (exact) mass is 374 g/mol. The summed E-state index contributed by atoms with van der Waals surface area (Å²) >= 11 is 0. The normalized spacial score (nSPS) is 11.0. The highest BCUT2D eigenvalue weighted by Crippen LogP contribution is 2.10. The molecule has 0 aromatic heterocycles. The summed E-state index contributed by atoms with van der Waals surface area (Å²) in [6.07, 6.45) is 13.0. The van der Waals surface area contributed by atoms with E-state index in [0.29, 0.717) is 39.6 Å². The fraction of sp³-hybridized carbons (Fsp3) is 0.950. The molecule has 6 nitrogen and oxygen atoms in total. The van der Waals surface area contributed by atoms with Gasteiger partial charge in [-0.2, -0.15) is 0 Å². The molecule has 0 rings (SSSR count). The summed E-state index contributed by atoms with van der Waals surface area (Å²) < 4.78 is 15.8. The number of nitrogens with two attached hydrogens (primary N) is 1. The Kier molecular flexibility index (Phi) is 21.8. The van der Waals surface area contributed by atoms with Gasteiger partial charge in [0.25, 0.3) is 0 Å². The molecule has 26 heavy (non-hydrogen) atoms. The van der Waals surface area contributed by atoms with E-state index in [4.69, 9.17) is 19.9 Å². The molecule has 0 aliphatic rings. The van der Waals surface area contributed by atoms with Crippen LogP contribution in [-0.2, 0) is 19.0 Å². The van der Waals surface area contributed by atoms with Crippen molar-refractivity contribution in [2.75, 3.05) is 52.7 Å². The fourth-order valence-electron chi connectivity index (χ4n) is 2.58. The predicted molar refractivity (Wildman–Crippen MR) is 106 cm³/mol. The Morgan fingerprint density at radius 1 is 0.731 bits per heavy atom. The van der Waals surface area contributed by atoms with Crippen molar-refractivity contribution in [1.82, 2.24) is 5.32 Å². The Hall–Kier alpha value is -0.690. The maximum atomic E-state index is 11.6. The zero-order valence-electron chi connectivity index (χ0n) is 16.9. The van der Waals surface area contributed by atoms with Crippen molar-refractivity contribution >= 4 is 5.91 Å². The molecule has 0 aromatic rings. The van der Waals surface area contributed by atoms with Crippen LogP contribution in [0.1, 0.15) is 71.1 Å². The number of carbonyl (C=O) groups is 1. The molecule has 0 saturated carbocycles. The maximum Gasteiger partial charge on any atom is 0.245 e. The first kappa shape index (κ1) is 25.3. The topological polar surface area (TPSA) is 82.8 Å². The van der Waals surface area contributed by atoms with Gasteiger partial charge in [0.05, 0.1) is 33.0 Å². The summed E-state index contributed by atoms with van der Waals surface area (Å²) in [5.41, 5.74) is 5.30. The molecule has 0 spiro atoms. The smallest absolute Gasteiger partial charge is 0.245 e. The van der Waals surface area contributed by atoms with Crippen LogP contribution in [0.3, 0.4) is 0 Å². The molecule has 0 aromatic carbocycles. The minimum Gasteiger partial charge on any atom is -0.378 e. The standard InChI is InChI=1S/C20H42N2O4/c1-2-3-4-5-6-7-8-9-10-11-13-22-20(23)19-26-18-17-25-16-15-24-14-12-21/h2-19,21H2,1H3,(H,22,23).